The number of anilines is 1. The van der Waals surface area contributed by atoms with Gasteiger partial charge in [-0.1, -0.05) is 36.8 Å². The van der Waals surface area contributed by atoms with E-state index in [9.17, 15) is 13.2 Å². The minimum absolute atomic E-state index is 0.0846. The zero-order valence-corrected chi connectivity index (χ0v) is 22.9. The lowest BCUT2D eigenvalue weighted by Gasteiger charge is -2.27. The van der Waals surface area contributed by atoms with Crippen LogP contribution >= 0.6 is 0 Å². The van der Waals surface area contributed by atoms with E-state index in [-0.39, 0.29) is 16.6 Å². The van der Waals surface area contributed by atoms with Crippen molar-refractivity contribution in [3.63, 3.8) is 0 Å². The van der Waals surface area contributed by atoms with E-state index in [0.29, 0.717) is 23.7 Å². The van der Waals surface area contributed by atoms with Gasteiger partial charge in [-0.3, -0.25) is 9.10 Å². The molecule has 0 bridgehead atoms. The number of nitrogens with zero attached hydrogens (tertiary/aromatic N) is 1. The van der Waals surface area contributed by atoms with Gasteiger partial charge in [-0.05, 0) is 67.8 Å². The van der Waals surface area contributed by atoms with Gasteiger partial charge in [0.05, 0.1) is 38.0 Å². The number of rotatable bonds is 11. The number of benzene rings is 3. The second kappa shape index (κ2) is 12.0. The van der Waals surface area contributed by atoms with Gasteiger partial charge in [0, 0.05) is 0 Å². The zero-order valence-electron chi connectivity index (χ0n) is 22.1. The fraction of sp³-hybridized carbons (Fsp3) is 0.321. The lowest BCUT2D eigenvalue weighted by atomic mass is 10.0. The van der Waals surface area contributed by atoms with Crippen molar-refractivity contribution in [1.82, 2.24) is 5.32 Å². The number of hydrogen-bond donors (Lipinski definition) is 1. The maximum atomic E-state index is 13.8. The Bertz CT molecular complexity index is 1340. The summed E-state index contributed by atoms with van der Waals surface area (Å²) in [6, 6.07) is 16.8. The van der Waals surface area contributed by atoms with E-state index in [0.717, 1.165) is 21.0 Å². The summed E-state index contributed by atoms with van der Waals surface area (Å²) in [7, 11) is 0.482. The molecule has 0 fully saturated rings. The van der Waals surface area contributed by atoms with Crippen molar-refractivity contribution in [2.24, 2.45) is 0 Å². The van der Waals surface area contributed by atoms with Crippen LogP contribution in [0, 0.1) is 13.8 Å². The Morgan fingerprint density at radius 1 is 0.838 bits per heavy atom. The van der Waals surface area contributed by atoms with Gasteiger partial charge in [0.2, 0.25) is 5.91 Å². The second-order valence-electron chi connectivity index (χ2n) is 8.64. The van der Waals surface area contributed by atoms with E-state index >= 15 is 0 Å². The molecule has 0 aliphatic rings. The van der Waals surface area contributed by atoms with Gasteiger partial charge in [-0.25, -0.2) is 8.42 Å². The SMILES string of the molecule is CCC(NC(=O)CN(c1cc(C)ccc1OC)S(=O)(=O)c1ccc(C)cc1)c1ccc(OC)c(OC)c1. The number of carbonyl (C=O) groups is 1. The number of sulfonamides is 1. The first kappa shape index (κ1) is 27.9. The molecule has 0 aliphatic heterocycles. The van der Waals surface area contributed by atoms with Gasteiger partial charge >= 0.3 is 0 Å². The number of carbonyl (C=O) groups excluding carboxylic acids is 1. The average molecular weight is 527 g/mol. The summed E-state index contributed by atoms with van der Waals surface area (Å²) in [6.45, 7) is 5.24. The van der Waals surface area contributed by atoms with Crippen molar-refractivity contribution in [2.75, 3.05) is 32.2 Å². The lowest BCUT2D eigenvalue weighted by Crippen LogP contribution is -2.42. The third-order valence-electron chi connectivity index (χ3n) is 6.05. The molecule has 0 saturated carbocycles. The highest BCUT2D eigenvalue weighted by Crippen LogP contribution is 2.34. The highest BCUT2D eigenvalue weighted by molar-refractivity contribution is 7.92. The van der Waals surface area contributed by atoms with E-state index in [1.807, 2.05) is 32.9 Å². The van der Waals surface area contributed by atoms with E-state index < -0.39 is 22.5 Å². The summed E-state index contributed by atoms with van der Waals surface area (Å²) in [6.07, 6.45) is 0.583. The van der Waals surface area contributed by atoms with Crippen molar-refractivity contribution in [2.45, 2.75) is 38.1 Å². The normalized spacial score (nSPS) is 11.9. The maximum absolute atomic E-state index is 13.8. The fourth-order valence-corrected chi connectivity index (χ4v) is 5.42. The summed E-state index contributed by atoms with van der Waals surface area (Å²) in [4.78, 5) is 13.4. The monoisotopic (exact) mass is 526 g/mol. The van der Waals surface area contributed by atoms with Crippen LogP contribution in [0.25, 0.3) is 0 Å². The van der Waals surface area contributed by atoms with Crippen molar-refractivity contribution in [3.8, 4) is 17.2 Å². The van der Waals surface area contributed by atoms with E-state index in [1.165, 1.54) is 19.2 Å². The molecule has 0 radical (unpaired) electrons. The Balaban J connectivity index is 1.98. The van der Waals surface area contributed by atoms with Crippen LogP contribution in [0.5, 0.6) is 17.2 Å². The minimum Gasteiger partial charge on any atom is -0.495 e. The number of aryl methyl sites for hydroxylation is 2. The summed E-state index contributed by atoms with van der Waals surface area (Å²) >= 11 is 0. The first-order valence-electron chi connectivity index (χ1n) is 11.9. The molecule has 1 unspecified atom stereocenters. The van der Waals surface area contributed by atoms with Gasteiger partial charge in [-0.15, -0.1) is 0 Å². The number of ether oxygens (including phenoxy) is 3. The highest BCUT2D eigenvalue weighted by atomic mass is 32.2. The first-order chi connectivity index (χ1) is 17.6. The zero-order chi connectivity index (χ0) is 27.2. The second-order valence-corrected chi connectivity index (χ2v) is 10.5. The molecule has 1 atom stereocenters. The molecule has 3 rings (SSSR count). The number of hydrogen-bond acceptors (Lipinski definition) is 6. The van der Waals surface area contributed by atoms with Gasteiger partial charge in [0.1, 0.15) is 12.3 Å². The molecule has 198 valence electrons. The molecule has 0 spiro atoms. The molecular weight excluding hydrogens is 492 g/mol. The molecular formula is C28H34N2O6S. The molecule has 0 saturated heterocycles. The van der Waals surface area contributed by atoms with Crippen molar-refractivity contribution in [1.29, 1.82) is 0 Å². The van der Waals surface area contributed by atoms with Gasteiger partial charge < -0.3 is 19.5 Å². The molecule has 37 heavy (non-hydrogen) atoms. The molecule has 8 nitrogen and oxygen atoms in total. The predicted octanol–water partition coefficient (Wildman–Crippen LogP) is 4.79. The van der Waals surface area contributed by atoms with Gasteiger partial charge in [-0.2, -0.15) is 0 Å². The van der Waals surface area contributed by atoms with Crippen LogP contribution in [0.1, 0.15) is 36.1 Å². The summed E-state index contributed by atoms with van der Waals surface area (Å²) in [5.41, 5.74) is 2.86. The molecule has 3 aromatic rings. The maximum Gasteiger partial charge on any atom is 0.264 e. The fourth-order valence-electron chi connectivity index (χ4n) is 3.99. The van der Waals surface area contributed by atoms with Crippen LogP contribution in [0.3, 0.4) is 0 Å². The molecule has 1 N–H and O–H groups in total. The van der Waals surface area contributed by atoms with Crippen LogP contribution in [0.4, 0.5) is 5.69 Å². The number of methoxy groups -OCH3 is 3. The summed E-state index contributed by atoms with van der Waals surface area (Å²) < 4.78 is 44.9. The van der Waals surface area contributed by atoms with Gasteiger partial charge in [0.25, 0.3) is 10.0 Å². The number of nitrogens with one attached hydrogen (secondary N) is 1. The summed E-state index contributed by atoms with van der Waals surface area (Å²) in [5.74, 6) is 1.01. The predicted molar refractivity (Wildman–Crippen MR) is 144 cm³/mol. The van der Waals surface area contributed by atoms with Crippen molar-refractivity contribution < 1.29 is 27.4 Å². The highest BCUT2D eigenvalue weighted by Gasteiger charge is 2.30. The topological polar surface area (TPSA) is 94.2 Å². The van der Waals surface area contributed by atoms with Crippen LogP contribution in [0.2, 0.25) is 0 Å². The Labute approximate surface area is 219 Å². The molecule has 0 aliphatic carbocycles. The first-order valence-corrected chi connectivity index (χ1v) is 13.3. The van der Waals surface area contributed by atoms with Crippen molar-refractivity contribution in [3.05, 3.63) is 77.4 Å². The third-order valence-corrected chi connectivity index (χ3v) is 7.83. The Morgan fingerprint density at radius 2 is 1.43 bits per heavy atom. The molecule has 3 aromatic carbocycles. The van der Waals surface area contributed by atoms with Crippen LogP contribution in [-0.4, -0.2) is 42.2 Å². The van der Waals surface area contributed by atoms with E-state index in [2.05, 4.69) is 5.32 Å². The van der Waals surface area contributed by atoms with Crippen LogP contribution in [0.15, 0.2) is 65.6 Å². The molecule has 0 aromatic heterocycles. The Kier molecular flexibility index (Phi) is 9.04. The Hall–Kier alpha value is -3.72. The Morgan fingerprint density at radius 3 is 2.03 bits per heavy atom. The minimum atomic E-state index is -4.09. The van der Waals surface area contributed by atoms with Crippen molar-refractivity contribution >= 4 is 21.6 Å². The molecule has 1 amide bonds. The lowest BCUT2D eigenvalue weighted by molar-refractivity contribution is -0.120. The van der Waals surface area contributed by atoms with E-state index in [4.69, 9.17) is 14.2 Å². The average Bonchev–Trinajstić information content (AvgIpc) is 2.90. The standard InChI is InChI=1S/C28H34N2O6S/c1-7-23(21-11-15-26(35-5)27(17-21)36-6)29-28(31)18-30(24-16-20(3)10-14-25(24)34-4)37(32,33)22-12-8-19(2)9-13-22/h8-17,23H,7,18H2,1-6H3,(H,29,31). The molecule has 9 heteroatoms. The third kappa shape index (κ3) is 6.35. The largest absolute Gasteiger partial charge is 0.495 e. The smallest absolute Gasteiger partial charge is 0.264 e. The molecule has 0 heterocycles. The number of amides is 1. The van der Waals surface area contributed by atoms with Crippen LogP contribution < -0.4 is 23.8 Å². The van der Waals surface area contributed by atoms with Crippen LogP contribution in [-0.2, 0) is 14.8 Å². The van der Waals surface area contributed by atoms with E-state index in [1.54, 1.807) is 50.6 Å². The summed E-state index contributed by atoms with van der Waals surface area (Å²) in [5, 5.41) is 2.97. The van der Waals surface area contributed by atoms with Gasteiger partial charge in [0.15, 0.2) is 11.5 Å². The quantitative estimate of drug-likeness (QED) is 0.386.